The molecule has 17 heavy (non-hydrogen) atoms. The molecule has 0 spiro atoms. The summed E-state index contributed by atoms with van der Waals surface area (Å²) >= 11 is 1.64. The summed E-state index contributed by atoms with van der Waals surface area (Å²) in [4.78, 5) is 5.06. The lowest BCUT2D eigenvalue weighted by Crippen LogP contribution is -2.08. The fourth-order valence-corrected chi connectivity index (χ4v) is 2.18. The van der Waals surface area contributed by atoms with Crippen LogP contribution in [0, 0.1) is 5.82 Å². The molecular weight excluding hydrogens is 237 g/mol. The van der Waals surface area contributed by atoms with E-state index in [4.69, 9.17) is 5.84 Å². The highest BCUT2D eigenvalue weighted by Crippen LogP contribution is 2.23. The molecule has 0 aliphatic rings. The van der Waals surface area contributed by atoms with E-state index in [9.17, 15) is 4.39 Å². The van der Waals surface area contributed by atoms with Crippen molar-refractivity contribution in [3.05, 3.63) is 54.0 Å². The number of nitrogens with one attached hydrogen (secondary N) is 1. The minimum Gasteiger partial charge on any atom is -0.308 e. The highest BCUT2D eigenvalue weighted by molar-refractivity contribution is 7.98. The van der Waals surface area contributed by atoms with Crippen LogP contribution in [-0.2, 0) is 5.75 Å². The van der Waals surface area contributed by atoms with Gasteiger partial charge in [0, 0.05) is 16.8 Å². The summed E-state index contributed by atoms with van der Waals surface area (Å²) < 4.78 is 12.7. The molecule has 3 N–H and O–H groups in total. The molecule has 3 nitrogen and oxygen atoms in total. The molecule has 0 aliphatic carbocycles. The molecule has 88 valence electrons. The summed E-state index contributed by atoms with van der Waals surface area (Å²) in [5.41, 5.74) is 3.62. The number of pyridine rings is 1. The van der Waals surface area contributed by atoms with Crippen molar-refractivity contribution in [1.29, 1.82) is 0 Å². The molecule has 0 saturated carbocycles. The van der Waals surface area contributed by atoms with E-state index >= 15 is 0 Å². The largest absolute Gasteiger partial charge is 0.308 e. The molecule has 2 aromatic rings. The van der Waals surface area contributed by atoms with Crippen LogP contribution in [0.1, 0.15) is 5.56 Å². The fraction of sp³-hybridized carbons (Fsp3) is 0.0833. The standard InChI is InChI=1S/C12H12FN3S/c13-10-1-3-11(4-2-10)17-8-9-5-6-15-12(7-9)16-14/h1-7H,8,14H2,(H,15,16). The highest BCUT2D eigenvalue weighted by Gasteiger charge is 1.98. The molecule has 0 amide bonds. The zero-order valence-electron chi connectivity index (χ0n) is 9.06. The second-order valence-corrected chi connectivity index (χ2v) is 4.49. The van der Waals surface area contributed by atoms with E-state index in [0.29, 0.717) is 5.82 Å². The van der Waals surface area contributed by atoms with Crippen molar-refractivity contribution >= 4 is 17.6 Å². The lowest BCUT2D eigenvalue weighted by molar-refractivity contribution is 0.626. The van der Waals surface area contributed by atoms with Crippen LogP contribution in [-0.4, -0.2) is 4.98 Å². The first-order valence-electron chi connectivity index (χ1n) is 5.08. The lowest BCUT2D eigenvalue weighted by atomic mass is 10.3. The Morgan fingerprint density at radius 2 is 2.00 bits per heavy atom. The number of halogens is 1. The van der Waals surface area contributed by atoms with E-state index in [1.165, 1.54) is 12.1 Å². The van der Waals surface area contributed by atoms with Crippen LogP contribution in [0.3, 0.4) is 0 Å². The van der Waals surface area contributed by atoms with Crippen molar-refractivity contribution in [2.24, 2.45) is 5.84 Å². The molecule has 0 fully saturated rings. The van der Waals surface area contributed by atoms with Gasteiger partial charge in [0.25, 0.3) is 0 Å². The number of rotatable bonds is 4. The van der Waals surface area contributed by atoms with Gasteiger partial charge in [0.1, 0.15) is 11.6 Å². The van der Waals surface area contributed by atoms with E-state index in [0.717, 1.165) is 16.2 Å². The zero-order chi connectivity index (χ0) is 12.1. The molecule has 1 heterocycles. The van der Waals surface area contributed by atoms with Crippen LogP contribution in [0.2, 0.25) is 0 Å². The van der Waals surface area contributed by atoms with Crippen LogP contribution in [0.15, 0.2) is 47.5 Å². The third-order valence-corrected chi connectivity index (χ3v) is 3.27. The molecule has 1 aromatic heterocycles. The Hall–Kier alpha value is -1.59. The smallest absolute Gasteiger partial charge is 0.140 e. The molecule has 0 bridgehead atoms. The van der Waals surface area contributed by atoms with Gasteiger partial charge < -0.3 is 5.43 Å². The molecule has 0 saturated heterocycles. The van der Waals surface area contributed by atoms with Gasteiger partial charge in [0.15, 0.2) is 0 Å². The van der Waals surface area contributed by atoms with Gasteiger partial charge in [-0.2, -0.15) is 0 Å². The topological polar surface area (TPSA) is 50.9 Å². The van der Waals surface area contributed by atoms with E-state index in [-0.39, 0.29) is 5.82 Å². The van der Waals surface area contributed by atoms with E-state index in [1.807, 2.05) is 12.1 Å². The van der Waals surface area contributed by atoms with E-state index < -0.39 is 0 Å². The Morgan fingerprint density at radius 1 is 1.24 bits per heavy atom. The van der Waals surface area contributed by atoms with Gasteiger partial charge >= 0.3 is 0 Å². The van der Waals surface area contributed by atoms with Gasteiger partial charge in [-0.3, -0.25) is 0 Å². The summed E-state index contributed by atoms with van der Waals surface area (Å²) in [7, 11) is 0. The molecular formula is C12H12FN3S. The van der Waals surface area contributed by atoms with Crippen LogP contribution < -0.4 is 11.3 Å². The van der Waals surface area contributed by atoms with Crippen LogP contribution in [0.4, 0.5) is 10.2 Å². The van der Waals surface area contributed by atoms with Crippen molar-refractivity contribution in [3.63, 3.8) is 0 Å². The monoisotopic (exact) mass is 249 g/mol. The predicted molar refractivity (Wildman–Crippen MR) is 68.0 cm³/mol. The van der Waals surface area contributed by atoms with Crippen LogP contribution in [0.25, 0.3) is 0 Å². The third-order valence-electron chi connectivity index (χ3n) is 2.19. The van der Waals surface area contributed by atoms with Crippen molar-refractivity contribution in [3.8, 4) is 0 Å². The minimum absolute atomic E-state index is 0.215. The number of hydrazine groups is 1. The van der Waals surface area contributed by atoms with Crippen LogP contribution >= 0.6 is 11.8 Å². The number of thioether (sulfide) groups is 1. The molecule has 0 radical (unpaired) electrons. The van der Waals surface area contributed by atoms with E-state index in [1.54, 1.807) is 30.1 Å². The lowest BCUT2D eigenvalue weighted by Gasteiger charge is -2.04. The van der Waals surface area contributed by atoms with Gasteiger partial charge in [-0.15, -0.1) is 11.8 Å². The van der Waals surface area contributed by atoms with Crippen molar-refractivity contribution < 1.29 is 4.39 Å². The molecule has 2 rings (SSSR count). The van der Waals surface area contributed by atoms with Gasteiger partial charge in [0.05, 0.1) is 0 Å². The first-order chi connectivity index (χ1) is 8.28. The summed E-state index contributed by atoms with van der Waals surface area (Å²) in [5.74, 6) is 6.50. The number of hydrogen-bond acceptors (Lipinski definition) is 4. The molecule has 0 aliphatic heterocycles. The van der Waals surface area contributed by atoms with Crippen molar-refractivity contribution in [1.82, 2.24) is 4.98 Å². The second-order valence-electron chi connectivity index (χ2n) is 3.44. The maximum Gasteiger partial charge on any atom is 0.140 e. The van der Waals surface area contributed by atoms with Gasteiger partial charge in [-0.05, 0) is 42.0 Å². The summed E-state index contributed by atoms with van der Waals surface area (Å²) in [6.07, 6.45) is 1.70. The summed E-state index contributed by atoms with van der Waals surface area (Å²) in [6.45, 7) is 0. The Bertz CT molecular complexity index is 487. The number of nitrogen functional groups attached to an aromatic ring is 1. The Morgan fingerprint density at radius 3 is 2.71 bits per heavy atom. The number of nitrogens with zero attached hydrogens (tertiary/aromatic N) is 1. The fourth-order valence-electron chi connectivity index (χ4n) is 1.34. The molecule has 5 heteroatoms. The SMILES string of the molecule is NNc1cc(CSc2ccc(F)cc2)ccn1. The maximum absolute atomic E-state index is 12.7. The summed E-state index contributed by atoms with van der Waals surface area (Å²) in [6, 6.07) is 10.3. The minimum atomic E-state index is -0.215. The number of hydrogen-bond donors (Lipinski definition) is 2. The normalized spacial score (nSPS) is 10.2. The molecule has 1 aromatic carbocycles. The molecule has 0 atom stereocenters. The highest BCUT2D eigenvalue weighted by atomic mass is 32.2. The number of anilines is 1. The Balaban J connectivity index is 1.99. The predicted octanol–water partition coefficient (Wildman–Crippen LogP) is 2.80. The first kappa shape index (κ1) is 11.9. The zero-order valence-corrected chi connectivity index (χ0v) is 9.88. The molecule has 0 unspecified atom stereocenters. The number of benzene rings is 1. The quantitative estimate of drug-likeness (QED) is 0.497. The van der Waals surface area contributed by atoms with Crippen molar-refractivity contribution in [2.45, 2.75) is 10.6 Å². The first-order valence-corrected chi connectivity index (χ1v) is 6.06. The van der Waals surface area contributed by atoms with E-state index in [2.05, 4.69) is 10.4 Å². The third kappa shape index (κ3) is 3.44. The average Bonchev–Trinajstić information content (AvgIpc) is 2.38. The van der Waals surface area contributed by atoms with Gasteiger partial charge in [-0.1, -0.05) is 0 Å². The van der Waals surface area contributed by atoms with Crippen LogP contribution in [0.5, 0.6) is 0 Å². The van der Waals surface area contributed by atoms with Crippen molar-refractivity contribution in [2.75, 3.05) is 5.43 Å². The maximum atomic E-state index is 12.7. The van der Waals surface area contributed by atoms with Gasteiger partial charge in [0.2, 0.25) is 0 Å². The average molecular weight is 249 g/mol. The Labute approximate surface area is 103 Å². The second kappa shape index (κ2) is 5.65. The van der Waals surface area contributed by atoms with Gasteiger partial charge in [-0.25, -0.2) is 15.2 Å². The number of nitrogens with two attached hydrogens (primary N) is 1. The number of aromatic nitrogens is 1. The Kier molecular flexibility index (Phi) is 3.95. The summed E-state index contributed by atoms with van der Waals surface area (Å²) in [5, 5.41) is 0.